The van der Waals surface area contributed by atoms with Crippen molar-refractivity contribution in [2.75, 3.05) is 0 Å². The fourth-order valence-electron chi connectivity index (χ4n) is 2.85. The van der Waals surface area contributed by atoms with E-state index in [-0.39, 0.29) is 11.8 Å². The molecule has 0 radical (unpaired) electrons. The maximum absolute atomic E-state index is 11.5. The van der Waals surface area contributed by atoms with Crippen molar-refractivity contribution in [1.82, 2.24) is 0 Å². The number of hydrogen-bond donors (Lipinski definition) is 1. The van der Waals surface area contributed by atoms with Gasteiger partial charge < -0.3 is 5.73 Å². The first-order valence-corrected chi connectivity index (χ1v) is 7.06. The largest absolute Gasteiger partial charge is 0.370 e. The third-order valence-corrected chi connectivity index (χ3v) is 3.81. The van der Waals surface area contributed by atoms with E-state index in [4.69, 9.17) is 5.73 Å². The summed E-state index contributed by atoms with van der Waals surface area (Å²) in [6, 6.07) is 24.5. The molecule has 3 aromatic rings. The number of fused-ring (bicyclic) bond motifs is 1. The van der Waals surface area contributed by atoms with Gasteiger partial charge in [0.2, 0.25) is 5.91 Å². The summed E-state index contributed by atoms with van der Waals surface area (Å²) in [5, 5.41) is 2.36. The molecular weight excluding hydrogens is 258 g/mol. The highest BCUT2D eigenvalue weighted by Crippen LogP contribution is 2.32. The molecule has 0 heterocycles. The van der Waals surface area contributed by atoms with Crippen LogP contribution in [0.1, 0.15) is 23.5 Å². The van der Waals surface area contributed by atoms with Gasteiger partial charge in [-0.1, -0.05) is 72.8 Å². The summed E-state index contributed by atoms with van der Waals surface area (Å²) < 4.78 is 0. The van der Waals surface area contributed by atoms with Gasteiger partial charge >= 0.3 is 0 Å². The van der Waals surface area contributed by atoms with Crippen LogP contribution in [0.15, 0.2) is 72.8 Å². The molecule has 0 aliphatic rings. The maximum Gasteiger partial charge on any atom is 0.218 e. The minimum absolute atomic E-state index is 0.00481. The van der Waals surface area contributed by atoms with Gasteiger partial charge in [0.25, 0.3) is 0 Å². The number of carbonyl (C=O) groups excluding carboxylic acids is 1. The molecule has 2 N–H and O–H groups in total. The third-order valence-electron chi connectivity index (χ3n) is 3.81. The highest BCUT2D eigenvalue weighted by atomic mass is 16.1. The summed E-state index contributed by atoms with van der Waals surface area (Å²) in [7, 11) is 0. The van der Waals surface area contributed by atoms with Gasteiger partial charge in [0.15, 0.2) is 0 Å². The van der Waals surface area contributed by atoms with E-state index in [9.17, 15) is 4.79 Å². The van der Waals surface area contributed by atoms with Crippen LogP contribution in [0, 0.1) is 0 Å². The predicted molar refractivity (Wildman–Crippen MR) is 86.0 cm³/mol. The Kier molecular flexibility index (Phi) is 3.69. The zero-order valence-electron chi connectivity index (χ0n) is 11.7. The molecule has 0 spiro atoms. The second-order valence-electron chi connectivity index (χ2n) is 5.20. The highest BCUT2D eigenvalue weighted by molar-refractivity contribution is 5.87. The van der Waals surface area contributed by atoms with Gasteiger partial charge in [-0.3, -0.25) is 4.79 Å². The van der Waals surface area contributed by atoms with Gasteiger partial charge in [0, 0.05) is 12.3 Å². The van der Waals surface area contributed by atoms with Gasteiger partial charge in [-0.25, -0.2) is 0 Å². The fraction of sp³-hybridized carbons (Fsp3) is 0.105. The smallest absolute Gasteiger partial charge is 0.218 e. The maximum atomic E-state index is 11.5. The Morgan fingerprint density at radius 2 is 1.52 bits per heavy atom. The van der Waals surface area contributed by atoms with Crippen molar-refractivity contribution in [3.05, 3.63) is 83.9 Å². The molecule has 0 aliphatic heterocycles. The number of carbonyl (C=O) groups is 1. The number of rotatable bonds is 4. The first-order valence-electron chi connectivity index (χ1n) is 7.06. The third kappa shape index (κ3) is 2.79. The Bertz CT molecular complexity index is 759. The van der Waals surface area contributed by atoms with Crippen molar-refractivity contribution >= 4 is 16.7 Å². The van der Waals surface area contributed by atoms with E-state index in [0.717, 1.165) is 11.1 Å². The lowest BCUT2D eigenvalue weighted by molar-refractivity contribution is -0.118. The molecule has 1 atom stereocenters. The molecule has 104 valence electrons. The van der Waals surface area contributed by atoms with E-state index >= 15 is 0 Å². The van der Waals surface area contributed by atoms with Crippen LogP contribution in [0.25, 0.3) is 10.8 Å². The molecule has 0 aromatic heterocycles. The van der Waals surface area contributed by atoms with Crippen LogP contribution in [0.4, 0.5) is 0 Å². The van der Waals surface area contributed by atoms with Crippen LogP contribution in [-0.4, -0.2) is 5.91 Å². The average molecular weight is 275 g/mol. The van der Waals surface area contributed by atoms with Crippen molar-refractivity contribution in [2.45, 2.75) is 12.3 Å². The standard InChI is InChI=1S/C19H17NO/c20-19(21)13-18(15-7-2-1-3-8-15)17-12-6-10-14-9-4-5-11-16(14)17/h1-12,18H,13H2,(H2,20,21). The first-order chi connectivity index (χ1) is 10.3. The summed E-state index contributed by atoms with van der Waals surface area (Å²) in [6.07, 6.45) is 0.317. The summed E-state index contributed by atoms with van der Waals surface area (Å²) in [5.74, 6) is -0.286. The Hall–Kier alpha value is -2.61. The van der Waals surface area contributed by atoms with Gasteiger partial charge in [-0.2, -0.15) is 0 Å². The van der Waals surface area contributed by atoms with E-state index in [1.165, 1.54) is 10.8 Å². The Morgan fingerprint density at radius 1 is 0.857 bits per heavy atom. The summed E-state index contributed by atoms with van der Waals surface area (Å²) >= 11 is 0. The average Bonchev–Trinajstić information content (AvgIpc) is 2.53. The molecule has 3 aromatic carbocycles. The second-order valence-corrected chi connectivity index (χ2v) is 5.20. The molecule has 0 aliphatic carbocycles. The van der Waals surface area contributed by atoms with Gasteiger partial charge in [0.1, 0.15) is 0 Å². The molecule has 3 rings (SSSR count). The zero-order chi connectivity index (χ0) is 14.7. The first kappa shape index (κ1) is 13.4. The van der Waals surface area contributed by atoms with E-state index in [1.807, 2.05) is 36.4 Å². The number of hydrogen-bond acceptors (Lipinski definition) is 1. The number of primary amides is 1. The molecule has 0 saturated carbocycles. The van der Waals surface area contributed by atoms with Crippen LogP contribution in [0.2, 0.25) is 0 Å². The SMILES string of the molecule is NC(=O)CC(c1ccccc1)c1cccc2ccccc12. The lowest BCUT2D eigenvalue weighted by atomic mass is 9.85. The quantitative estimate of drug-likeness (QED) is 0.772. The minimum Gasteiger partial charge on any atom is -0.370 e. The predicted octanol–water partition coefficient (Wildman–Crippen LogP) is 3.85. The number of amides is 1. The molecular formula is C19H17NO. The summed E-state index contributed by atoms with van der Waals surface area (Å²) in [4.78, 5) is 11.5. The second kappa shape index (κ2) is 5.80. The molecule has 0 bridgehead atoms. The van der Waals surface area contributed by atoms with Crippen LogP contribution >= 0.6 is 0 Å². The van der Waals surface area contributed by atoms with Crippen LogP contribution in [-0.2, 0) is 4.79 Å². The van der Waals surface area contributed by atoms with Crippen LogP contribution in [0.3, 0.4) is 0 Å². The topological polar surface area (TPSA) is 43.1 Å². The van der Waals surface area contributed by atoms with E-state index in [1.54, 1.807) is 0 Å². The van der Waals surface area contributed by atoms with E-state index in [0.29, 0.717) is 6.42 Å². The molecule has 21 heavy (non-hydrogen) atoms. The number of benzene rings is 3. The molecule has 0 saturated heterocycles. The lowest BCUT2D eigenvalue weighted by Gasteiger charge is -2.18. The van der Waals surface area contributed by atoms with Crippen molar-refractivity contribution in [3.63, 3.8) is 0 Å². The fourth-order valence-corrected chi connectivity index (χ4v) is 2.85. The monoisotopic (exact) mass is 275 g/mol. The van der Waals surface area contributed by atoms with Crippen LogP contribution < -0.4 is 5.73 Å². The van der Waals surface area contributed by atoms with Crippen molar-refractivity contribution in [2.24, 2.45) is 5.73 Å². The Balaban J connectivity index is 2.17. The Morgan fingerprint density at radius 3 is 2.29 bits per heavy atom. The number of nitrogens with two attached hydrogens (primary N) is 1. The minimum atomic E-state index is -0.281. The lowest BCUT2D eigenvalue weighted by Crippen LogP contribution is -2.16. The van der Waals surface area contributed by atoms with Crippen LogP contribution in [0.5, 0.6) is 0 Å². The van der Waals surface area contributed by atoms with E-state index < -0.39 is 0 Å². The van der Waals surface area contributed by atoms with Gasteiger partial charge in [-0.15, -0.1) is 0 Å². The van der Waals surface area contributed by atoms with Crippen molar-refractivity contribution in [1.29, 1.82) is 0 Å². The Labute approximate surface area is 124 Å². The van der Waals surface area contributed by atoms with Crippen molar-refractivity contribution in [3.8, 4) is 0 Å². The summed E-state index contributed by atoms with van der Waals surface area (Å²) in [5.41, 5.74) is 7.74. The van der Waals surface area contributed by atoms with Crippen molar-refractivity contribution < 1.29 is 4.79 Å². The van der Waals surface area contributed by atoms with Gasteiger partial charge in [-0.05, 0) is 21.9 Å². The van der Waals surface area contributed by atoms with E-state index in [2.05, 4.69) is 36.4 Å². The molecule has 2 nitrogen and oxygen atoms in total. The highest BCUT2D eigenvalue weighted by Gasteiger charge is 2.18. The summed E-state index contributed by atoms with van der Waals surface area (Å²) in [6.45, 7) is 0. The molecule has 2 heteroatoms. The molecule has 1 amide bonds. The molecule has 1 unspecified atom stereocenters. The van der Waals surface area contributed by atoms with Gasteiger partial charge in [0.05, 0.1) is 0 Å². The molecule has 0 fully saturated rings. The zero-order valence-corrected chi connectivity index (χ0v) is 11.7. The normalized spacial score (nSPS) is 12.2.